The normalized spacial score (nSPS) is 17.2. The Hall–Kier alpha value is -3.10. The van der Waals surface area contributed by atoms with Gasteiger partial charge in [0.2, 0.25) is 17.6 Å². The second-order valence-electron chi connectivity index (χ2n) is 8.46. The summed E-state index contributed by atoms with van der Waals surface area (Å²) in [4.78, 5) is 19.5. The van der Waals surface area contributed by atoms with Crippen molar-refractivity contribution in [3.8, 4) is 22.9 Å². The molecule has 9 heteroatoms. The summed E-state index contributed by atoms with van der Waals surface area (Å²) in [5, 5.41) is 7.72. The molecule has 1 fully saturated rings. The number of hydrogen-bond donors (Lipinski definition) is 1. The van der Waals surface area contributed by atoms with Crippen molar-refractivity contribution < 1.29 is 18.8 Å². The lowest BCUT2D eigenvalue weighted by Gasteiger charge is -2.31. The summed E-state index contributed by atoms with van der Waals surface area (Å²) in [7, 11) is 1.62. The molecule has 8 nitrogen and oxygen atoms in total. The van der Waals surface area contributed by atoms with Gasteiger partial charge in [-0.2, -0.15) is 4.98 Å². The molecule has 2 heterocycles. The van der Waals surface area contributed by atoms with Crippen molar-refractivity contribution in [2.45, 2.75) is 32.4 Å². The summed E-state index contributed by atoms with van der Waals surface area (Å²) >= 11 is 6.23. The largest absolute Gasteiger partial charge is 0.497 e. The van der Waals surface area contributed by atoms with Gasteiger partial charge in [0.15, 0.2) is 0 Å². The fraction of sp³-hybridized carbons (Fsp3) is 0.400. The Balaban J connectivity index is 1.26. The third-order valence-electron chi connectivity index (χ3n) is 5.77. The molecule has 0 bridgehead atoms. The number of aromatic nitrogens is 2. The molecule has 0 aliphatic carbocycles. The average Bonchev–Trinajstić information content (AvgIpc) is 3.31. The molecule has 1 amide bonds. The summed E-state index contributed by atoms with van der Waals surface area (Å²) in [5.74, 6) is 2.44. The number of benzene rings is 2. The van der Waals surface area contributed by atoms with Gasteiger partial charge in [-0.1, -0.05) is 28.9 Å². The quantitative estimate of drug-likeness (QED) is 0.487. The number of likely N-dealkylation sites (tertiary alicyclic amines) is 1. The first-order valence-corrected chi connectivity index (χ1v) is 11.8. The minimum atomic E-state index is -0.112. The van der Waals surface area contributed by atoms with E-state index >= 15 is 0 Å². The topological polar surface area (TPSA) is 89.7 Å². The Labute approximate surface area is 204 Å². The van der Waals surface area contributed by atoms with Gasteiger partial charge in [-0.3, -0.25) is 9.69 Å². The molecule has 1 aliphatic heterocycles. The number of hydrogen-bond acceptors (Lipinski definition) is 7. The number of ether oxygens (including phenoxy) is 2. The van der Waals surface area contributed by atoms with Crippen LogP contribution in [-0.4, -0.2) is 53.8 Å². The molecule has 1 N–H and O–H groups in total. The fourth-order valence-corrected chi connectivity index (χ4v) is 4.19. The Morgan fingerprint density at radius 3 is 2.76 bits per heavy atom. The molecule has 0 spiro atoms. The van der Waals surface area contributed by atoms with Crippen LogP contribution in [0.5, 0.6) is 11.5 Å². The highest BCUT2D eigenvalue weighted by molar-refractivity contribution is 6.33. The summed E-state index contributed by atoms with van der Waals surface area (Å²) in [6.07, 6.45) is 1.78. The molecule has 1 aromatic heterocycles. The second-order valence-corrected chi connectivity index (χ2v) is 8.87. The van der Waals surface area contributed by atoms with Crippen molar-refractivity contribution in [3.05, 3.63) is 59.4 Å². The number of carbonyl (C=O) groups is 1. The highest BCUT2D eigenvalue weighted by Crippen LogP contribution is 2.26. The summed E-state index contributed by atoms with van der Waals surface area (Å²) in [6.45, 7) is 4.35. The van der Waals surface area contributed by atoms with Gasteiger partial charge in [-0.25, -0.2) is 0 Å². The van der Waals surface area contributed by atoms with E-state index in [9.17, 15) is 4.79 Å². The fourth-order valence-electron chi connectivity index (χ4n) is 3.97. The van der Waals surface area contributed by atoms with E-state index in [4.69, 9.17) is 25.6 Å². The SMILES string of the molecule is COc1ccc(OCC(C)NC(=O)C2CCCN(Cc3nc(-c4ccccc4Cl)no3)C2)cc1. The van der Waals surface area contributed by atoms with E-state index < -0.39 is 0 Å². The standard InChI is InChI=1S/C25H29ClN4O4/c1-17(16-33-20-11-9-19(32-2)10-12-20)27-25(31)18-6-5-13-30(14-18)15-23-28-24(29-34-23)21-7-3-4-8-22(21)26/h3-4,7-12,17-18H,5-6,13-16H2,1-2H3,(H,27,31). The lowest BCUT2D eigenvalue weighted by Crippen LogP contribution is -2.46. The van der Waals surface area contributed by atoms with Gasteiger partial charge in [0.05, 0.1) is 30.6 Å². The van der Waals surface area contributed by atoms with Crippen molar-refractivity contribution in [1.29, 1.82) is 0 Å². The van der Waals surface area contributed by atoms with Crippen molar-refractivity contribution >= 4 is 17.5 Å². The first-order chi connectivity index (χ1) is 16.5. The maximum absolute atomic E-state index is 12.9. The third kappa shape index (κ3) is 6.27. The van der Waals surface area contributed by atoms with Crippen LogP contribution < -0.4 is 14.8 Å². The van der Waals surface area contributed by atoms with E-state index in [0.717, 1.165) is 36.4 Å². The maximum Gasteiger partial charge on any atom is 0.241 e. The van der Waals surface area contributed by atoms with Crippen LogP contribution in [0.3, 0.4) is 0 Å². The minimum Gasteiger partial charge on any atom is -0.497 e. The van der Waals surface area contributed by atoms with E-state index in [-0.39, 0.29) is 17.9 Å². The van der Waals surface area contributed by atoms with Crippen LogP contribution in [0.25, 0.3) is 11.4 Å². The number of carbonyl (C=O) groups excluding carboxylic acids is 1. The molecule has 0 radical (unpaired) electrons. The number of nitrogens with zero attached hydrogens (tertiary/aromatic N) is 3. The lowest BCUT2D eigenvalue weighted by atomic mass is 9.97. The highest BCUT2D eigenvalue weighted by Gasteiger charge is 2.27. The van der Waals surface area contributed by atoms with Gasteiger partial charge in [-0.15, -0.1) is 0 Å². The van der Waals surface area contributed by atoms with Crippen LogP contribution in [0.2, 0.25) is 5.02 Å². The molecule has 2 unspecified atom stereocenters. The van der Waals surface area contributed by atoms with Crippen molar-refractivity contribution in [3.63, 3.8) is 0 Å². The molecule has 0 saturated carbocycles. The highest BCUT2D eigenvalue weighted by atomic mass is 35.5. The van der Waals surface area contributed by atoms with Gasteiger partial charge in [-0.05, 0) is 62.7 Å². The zero-order valence-corrected chi connectivity index (χ0v) is 20.1. The zero-order chi connectivity index (χ0) is 23.9. The number of amides is 1. The molecule has 3 aromatic rings. The lowest BCUT2D eigenvalue weighted by molar-refractivity contribution is -0.127. The Morgan fingerprint density at radius 2 is 2.00 bits per heavy atom. The van der Waals surface area contributed by atoms with Gasteiger partial charge >= 0.3 is 0 Å². The van der Waals surface area contributed by atoms with Gasteiger partial charge < -0.3 is 19.3 Å². The first kappa shape index (κ1) is 24.0. The molecule has 34 heavy (non-hydrogen) atoms. The van der Waals surface area contributed by atoms with Crippen LogP contribution in [0.15, 0.2) is 53.1 Å². The van der Waals surface area contributed by atoms with Gasteiger partial charge in [0.25, 0.3) is 0 Å². The van der Waals surface area contributed by atoms with E-state index in [2.05, 4.69) is 20.4 Å². The van der Waals surface area contributed by atoms with Crippen LogP contribution in [0.4, 0.5) is 0 Å². The molecule has 2 aromatic carbocycles. The predicted octanol–water partition coefficient (Wildman–Crippen LogP) is 4.19. The number of rotatable bonds is 9. The second kappa shape index (κ2) is 11.4. The summed E-state index contributed by atoms with van der Waals surface area (Å²) in [5.41, 5.74) is 0.737. The van der Waals surface area contributed by atoms with Crippen LogP contribution in [0, 0.1) is 5.92 Å². The van der Waals surface area contributed by atoms with Crippen molar-refractivity contribution in [1.82, 2.24) is 20.4 Å². The van der Waals surface area contributed by atoms with Crippen LogP contribution in [0.1, 0.15) is 25.7 Å². The zero-order valence-electron chi connectivity index (χ0n) is 19.4. The molecule has 1 saturated heterocycles. The molecule has 180 valence electrons. The summed E-state index contributed by atoms with van der Waals surface area (Å²) in [6, 6.07) is 14.7. The molecular weight excluding hydrogens is 456 g/mol. The predicted molar refractivity (Wildman–Crippen MR) is 129 cm³/mol. The maximum atomic E-state index is 12.9. The Morgan fingerprint density at radius 1 is 1.24 bits per heavy atom. The van der Waals surface area contributed by atoms with Crippen molar-refractivity contribution in [2.24, 2.45) is 5.92 Å². The number of halogens is 1. The van der Waals surface area contributed by atoms with Gasteiger partial charge in [0.1, 0.15) is 18.1 Å². The van der Waals surface area contributed by atoms with Crippen LogP contribution >= 0.6 is 11.6 Å². The molecular formula is C25H29ClN4O4. The summed E-state index contributed by atoms with van der Waals surface area (Å²) < 4.78 is 16.4. The molecule has 2 atom stereocenters. The molecule has 4 rings (SSSR count). The first-order valence-electron chi connectivity index (χ1n) is 11.4. The number of methoxy groups -OCH3 is 1. The Bertz CT molecular complexity index is 1090. The van der Waals surface area contributed by atoms with E-state index in [0.29, 0.717) is 36.4 Å². The minimum absolute atomic E-state index is 0.0396. The monoisotopic (exact) mass is 484 g/mol. The number of piperidine rings is 1. The van der Waals surface area contributed by atoms with E-state index in [1.54, 1.807) is 13.2 Å². The van der Waals surface area contributed by atoms with Crippen molar-refractivity contribution in [2.75, 3.05) is 26.8 Å². The smallest absolute Gasteiger partial charge is 0.241 e. The number of nitrogens with one attached hydrogen (secondary N) is 1. The third-order valence-corrected chi connectivity index (χ3v) is 6.10. The average molecular weight is 485 g/mol. The molecule has 1 aliphatic rings. The van der Waals surface area contributed by atoms with E-state index in [1.165, 1.54) is 0 Å². The Kier molecular flexibility index (Phi) is 8.03. The van der Waals surface area contributed by atoms with Gasteiger partial charge in [0, 0.05) is 12.1 Å². The van der Waals surface area contributed by atoms with Crippen LogP contribution in [-0.2, 0) is 11.3 Å². The van der Waals surface area contributed by atoms with E-state index in [1.807, 2.05) is 49.4 Å².